The molecule has 39 heavy (non-hydrogen) atoms. The number of halogens is 2. The predicted molar refractivity (Wildman–Crippen MR) is 158 cm³/mol. The highest BCUT2D eigenvalue weighted by Crippen LogP contribution is 2.32. The summed E-state index contributed by atoms with van der Waals surface area (Å²) in [6.07, 6.45) is 2.42. The lowest BCUT2D eigenvalue weighted by atomic mass is 9.97. The predicted octanol–water partition coefficient (Wildman–Crippen LogP) is 7.26. The van der Waals surface area contributed by atoms with Gasteiger partial charge in [0.05, 0.1) is 27.0 Å². The van der Waals surface area contributed by atoms with Gasteiger partial charge in [0.15, 0.2) is 5.78 Å². The van der Waals surface area contributed by atoms with Crippen molar-refractivity contribution in [3.8, 4) is 17.0 Å². The highest BCUT2D eigenvalue weighted by Gasteiger charge is 2.21. The van der Waals surface area contributed by atoms with Crippen molar-refractivity contribution in [3.05, 3.63) is 99.7 Å². The van der Waals surface area contributed by atoms with Gasteiger partial charge in [-0.15, -0.1) is 0 Å². The van der Waals surface area contributed by atoms with Crippen LogP contribution >= 0.6 is 23.2 Å². The summed E-state index contributed by atoms with van der Waals surface area (Å²) < 4.78 is 10.3. The number of nitrogens with zero attached hydrogens (tertiary/aromatic N) is 1. The van der Waals surface area contributed by atoms with Gasteiger partial charge in [-0.3, -0.25) is 14.6 Å². The number of benzene rings is 3. The Bertz CT molecular complexity index is 1500. The number of ether oxygens (including phenoxy) is 2. The number of fused-ring (bicyclic) bond motifs is 1. The van der Waals surface area contributed by atoms with Gasteiger partial charge in [0, 0.05) is 43.0 Å². The molecular weight excluding hydrogens is 535 g/mol. The van der Waals surface area contributed by atoms with E-state index in [9.17, 15) is 9.59 Å². The number of hydrogen-bond acceptors (Lipinski definition) is 6. The molecule has 0 aliphatic heterocycles. The van der Waals surface area contributed by atoms with E-state index in [1.54, 1.807) is 64.6 Å². The maximum absolute atomic E-state index is 13.0. The number of carbonyl (C=O) groups is 2. The number of ketones is 1. The Labute approximate surface area is 238 Å². The molecule has 0 saturated carbocycles. The molecule has 0 amide bonds. The SMILES string of the molecule is CC(C)C(=O)/C(COc1ccc2cc(-c3cc(C=O)ccn3)ccc2c1)=C(\N)c1c(Cl)cccc1Cl.COC. The maximum atomic E-state index is 13.0. The second-order valence-corrected chi connectivity index (χ2v) is 9.84. The second-order valence-electron chi connectivity index (χ2n) is 9.02. The standard InChI is InChI=1S/C29H24Cl2N2O3.C2H6O/c1-17(2)29(35)23(28(32)27-24(30)4-3-5-25(27)31)16-36-22-9-8-19-13-21(7-6-20(19)14-22)26-12-18(15-34)10-11-33-26;1-3-2/h3-15,17H,16,32H2,1-2H3;1-2H3/b28-23-;. The van der Waals surface area contributed by atoms with E-state index in [2.05, 4.69) is 9.72 Å². The summed E-state index contributed by atoms with van der Waals surface area (Å²) in [5.41, 5.74) is 9.55. The first-order chi connectivity index (χ1) is 18.7. The fourth-order valence-corrected chi connectivity index (χ4v) is 4.44. The molecule has 0 bridgehead atoms. The lowest BCUT2D eigenvalue weighted by Gasteiger charge is -2.16. The smallest absolute Gasteiger partial charge is 0.166 e. The third-order valence-corrected chi connectivity index (χ3v) is 6.42. The summed E-state index contributed by atoms with van der Waals surface area (Å²) in [5, 5.41) is 2.66. The van der Waals surface area contributed by atoms with Gasteiger partial charge in [0.1, 0.15) is 18.6 Å². The van der Waals surface area contributed by atoms with Crippen LogP contribution in [-0.4, -0.2) is 37.9 Å². The molecule has 2 N–H and O–H groups in total. The fourth-order valence-electron chi connectivity index (χ4n) is 3.84. The normalized spacial score (nSPS) is 11.5. The van der Waals surface area contributed by atoms with Crippen molar-refractivity contribution in [2.75, 3.05) is 20.8 Å². The van der Waals surface area contributed by atoms with Crippen molar-refractivity contribution < 1.29 is 19.1 Å². The van der Waals surface area contributed by atoms with Crippen LogP contribution in [0, 0.1) is 5.92 Å². The van der Waals surface area contributed by atoms with Gasteiger partial charge in [-0.25, -0.2) is 0 Å². The Morgan fingerprint density at radius 3 is 2.26 bits per heavy atom. The van der Waals surface area contributed by atoms with E-state index in [1.807, 2.05) is 36.4 Å². The number of carbonyl (C=O) groups excluding carboxylic acids is 2. The Morgan fingerprint density at radius 2 is 1.62 bits per heavy atom. The maximum Gasteiger partial charge on any atom is 0.166 e. The molecule has 6 nitrogen and oxygen atoms in total. The van der Waals surface area contributed by atoms with E-state index in [-0.39, 0.29) is 24.0 Å². The van der Waals surface area contributed by atoms with Crippen LogP contribution in [0.1, 0.15) is 29.8 Å². The molecule has 0 radical (unpaired) electrons. The van der Waals surface area contributed by atoms with Crippen LogP contribution in [0.4, 0.5) is 0 Å². The average molecular weight is 565 g/mol. The van der Waals surface area contributed by atoms with Crippen LogP contribution in [0.25, 0.3) is 27.7 Å². The highest BCUT2D eigenvalue weighted by atomic mass is 35.5. The van der Waals surface area contributed by atoms with Gasteiger partial charge in [0.2, 0.25) is 0 Å². The zero-order chi connectivity index (χ0) is 28.5. The number of rotatable bonds is 8. The van der Waals surface area contributed by atoms with Crippen LogP contribution in [0.2, 0.25) is 10.0 Å². The summed E-state index contributed by atoms with van der Waals surface area (Å²) in [6, 6.07) is 20.0. The molecule has 4 rings (SSSR count). The van der Waals surface area contributed by atoms with E-state index in [4.69, 9.17) is 33.7 Å². The van der Waals surface area contributed by atoms with Crippen LogP contribution in [-0.2, 0) is 9.53 Å². The van der Waals surface area contributed by atoms with Crippen LogP contribution < -0.4 is 10.5 Å². The van der Waals surface area contributed by atoms with Crippen LogP contribution in [0.5, 0.6) is 5.75 Å². The molecule has 0 aliphatic rings. The van der Waals surface area contributed by atoms with E-state index in [0.29, 0.717) is 32.5 Å². The van der Waals surface area contributed by atoms with Gasteiger partial charge < -0.3 is 15.2 Å². The molecular formula is C31H30Cl2N2O4. The highest BCUT2D eigenvalue weighted by molar-refractivity contribution is 6.37. The van der Waals surface area contributed by atoms with Crippen molar-refractivity contribution in [3.63, 3.8) is 0 Å². The molecule has 8 heteroatoms. The molecule has 1 aromatic heterocycles. The van der Waals surface area contributed by atoms with Gasteiger partial charge in [-0.2, -0.15) is 0 Å². The Balaban J connectivity index is 0.00000134. The topological polar surface area (TPSA) is 91.5 Å². The summed E-state index contributed by atoms with van der Waals surface area (Å²) in [6.45, 7) is 3.57. The molecule has 0 atom stereocenters. The molecule has 0 saturated heterocycles. The summed E-state index contributed by atoms with van der Waals surface area (Å²) in [5.74, 6) is 0.159. The first-order valence-corrected chi connectivity index (χ1v) is 12.9. The molecule has 0 aliphatic carbocycles. The van der Waals surface area contributed by atoms with Gasteiger partial charge in [-0.1, -0.05) is 61.3 Å². The van der Waals surface area contributed by atoms with Crippen molar-refractivity contribution in [2.24, 2.45) is 11.7 Å². The van der Waals surface area contributed by atoms with Crippen LogP contribution in [0.15, 0.2) is 78.5 Å². The molecule has 202 valence electrons. The number of nitrogens with two attached hydrogens (primary N) is 1. The van der Waals surface area contributed by atoms with Crippen molar-refractivity contribution >= 4 is 51.7 Å². The van der Waals surface area contributed by atoms with E-state index in [1.165, 1.54) is 0 Å². The molecule has 0 unspecified atom stereocenters. The summed E-state index contributed by atoms with van der Waals surface area (Å²) in [7, 11) is 3.25. The van der Waals surface area contributed by atoms with Crippen molar-refractivity contribution in [2.45, 2.75) is 13.8 Å². The van der Waals surface area contributed by atoms with Crippen molar-refractivity contribution in [1.29, 1.82) is 0 Å². The van der Waals surface area contributed by atoms with Gasteiger partial charge in [0.25, 0.3) is 0 Å². The summed E-state index contributed by atoms with van der Waals surface area (Å²) in [4.78, 5) is 28.5. The Hall–Kier alpha value is -3.71. The number of methoxy groups -OCH3 is 1. The quantitative estimate of drug-likeness (QED) is 0.179. The minimum Gasteiger partial charge on any atom is -0.489 e. The number of Topliss-reactive ketones (excluding diaryl/α,β-unsaturated/α-hetero) is 1. The van der Waals surface area contributed by atoms with Gasteiger partial charge >= 0.3 is 0 Å². The van der Waals surface area contributed by atoms with Crippen molar-refractivity contribution in [1.82, 2.24) is 4.98 Å². The largest absolute Gasteiger partial charge is 0.489 e. The van der Waals surface area contributed by atoms with Crippen LogP contribution in [0.3, 0.4) is 0 Å². The van der Waals surface area contributed by atoms with E-state index in [0.717, 1.165) is 28.3 Å². The van der Waals surface area contributed by atoms with E-state index >= 15 is 0 Å². The molecule has 4 aromatic rings. The lowest BCUT2D eigenvalue weighted by Crippen LogP contribution is -2.21. The third-order valence-electron chi connectivity index (χ3n) is 5.79. The van der Waals surface area contributed by atoms with E-state index < -0.39 is 0 Å². The fraction of sp³-hybridized carbons (Fsp3) is 0.194. The molecule has 0 fully saturated rings. The first kappa shape index (κ1) is 29.8. The number of aldehydes is 1. The number of aromatic nitrogens is 1. The first-order valence-electron chi connectivity index (χ1n) is 12.2. The average Bonchev–Trinajstić information content (AvgIpc) is 2.93. The zero-order valence-electron chi connectivity index (χ0n) is 22.2. The monoisotopic (exact) mass is 564 g/mol. The summed E-state index contributed by atoms with van der Waals surface area (Å²) >= 11 is 12.7. The molecule has 0 spiro atoms. The molecule has 1 heterocycles. The molecule has 3 aromatic carbocycles. The third kappa shape index (κ3) is 7.45. The Morgan fingerprint density at radius 1 is 0.974 bits per heavy atom. The lowest BCUT2D eigenvalue weighted by molar-refractivity contribution is -0.118. The minimum atomic E-state index is -0.287. The zero-order valence-corrected chi connectivity index (χ0v) is 23.7. The Kier molecular flexibility index (Phi) is 10.6. The minimum absolute atomic E-state index is 0.0314. The number of pyridine rings is 1. The number of hydrogen-bond donors (Lipinski definition) is 1. The van der Waals surface area contributed by atoms with Gasteiger partial charge in [-0.05, 0) is 53.2 Å². The second kappa shape index (κ2) is 13.9.